The first kappa shape index (κ1) is 13.6. The van der Waals surface area contributed by atoms with Crippen molar-refractivity contribution in [2.75, 3.05) is 6.54 Å². The Kier molecular flexibility index (Phi) is 3.78. The number of nitrogens with zero attached hydrogens (tertiary/aromatic N) is 1. The molecule has 1 atom stereocenters. The number of thiophene rings is 1. The van der Waals surface area contributed by atoms with Gasteiger partial charge in [0, 0.05) is 23.0 Å². The van der Waals surface area contributed by atoms with Gasteiger partial charge in [0.2, 0.25) is 0 Å². The molecular formula is C15H14ClNO2S. The monoisotopic (exact) mass is 307 g/mol. The molecule has 5 heteroatoms. The van der Waals surface area contributed by atoms with E-state index in [1.165, 1.54) is 10.4 Å². The third kappa shape index (κ3) is 2.46. The van der Waals surface area contributed by atoms with Crippen LogP contribution in [0.2, 0.25) is 5.02 Å². The molecule has 1 N–H and O–H groups in total. The lowest BCUT2D eigenvalue weighted by atomic mass is 10.0. The number of carbonyl (C=O) groups is 1. The first-order valence-electron chi connectivity index (χ1n) is 6.43. The number of aliphatic carboxylic acids is 1. The summed E-state index contributed by atoms with van der Waals surface area (Å²) in [5, 5.41) is 12.2. The molecule has 0 bridgehead atoms. The van der Waals surface area contributed by atoms with Crippen LogP contribution in [0.3, 0.4) is 0 Å². The van der Waals surface area contributed by atoms with E-state index in [1.54, 1.807) is 23.5 Å². The van der Waals surface area contributed by atoms with Gasteiger partial charge < -0.3 is 5.11 Å². The number of hydrogen-bond donors (Lipinski definition) is 1. The highest BCUT2D eigenvalue weighted by Gasteiger charge is 2.31. The molecule has 0 radical (unpaired) electrons. The molecule has 0 amide bonds. The molecule has 1 aliphatic rings. The van der Waals surface area contributed by atoms with Gasteiger partial charge in [-0.2, -0.15) is 0 Å². The van der Waals surface area contributed by atoms with Crippen LogP contribution in [0.5, 0.6) is 0 Å². The molecule has 0 spiro atoms. The summed E-state index contributed by atoms with van der Waals surface area (Å²) in [6.07, 6.45) is 0.896. The molecule has 0 saturated carbocycles. The molecule has 3 nitrogen and oxygen atoms in total. The van der Waals surface area contributed by atoms with Crippen molar-refractivity contribution >= 4 is 28.9 Å². The molecule has 2 aromatic rings. The zero-order valence-electron chi connectivity index (χ0n) is 10.8. The largest absolute Gasteiger partial charge is 0.480 e. The van der Waals surface area contributed by atoms with Gasteiger partial charge in [-0.15, -0.1) is 11.3 Å². The van der Waals surface area contributed by atoms with E-state index in [4.69, 9.17) is 11.6 Å². The van der Waals surface area contributed by atoms with Crippen molar-refractivity contribution in [2.45, 2.75) is 19.0 Å². The van der Waals surface area contributed by atoms with Crippen LogP contribution >= 0.6 is 22.9 Å². The summed E-state index contributed by atoms with van der Waals surface area (Å²) in [5.74, 6) is -0.849. The highest BCUT2D eigenvalue weighted by Crippen LogP contribution is 2.33. The van der Waals surface area contributed by atoms with E-state index < -0.39 is 12.0 Å². The molecule has 1 aromatic carbocycles. The van der Waals surface area contributed by atoms with Crippen molar-refractivity contribution in [2.24, 2.45) is 0 Å². The topological polar surface area (TPSA) is 40.5 Å². The van der Waals surface area contributed by atoms with Gasteiger partial charge >= 0.3 is 5.97 Å². The maximum Gasteiger partial charge on any atom is 0.325 e. The fraction of sp³-hybridized carbons (Fsp3) is 0.267. The van der Waals surface area contributed by atoms with Crippen LogP contribution < -0.4 is 0 Å². The zero-order chi connectivity index (χ0) is 14.1. The van der Waals surface area contributed by atoms with E-state index in [9.17, 15) is 9.90 Å². The summed E-state index contributed by atoms with van der Waals surface area (Å²) in [4.78, 5) is 15.0. The smallest absolute Gasteiger partial charge is 0.325 e. The molecule has 0 unspecified atom stereocenters. The number of rotatable bonds is 3. The average molecular weight is 308 g/mol. The number of benzene rings is 1. The molecule has 0 aliphatic carbocycles. The first-order valence-corrected chi connectivity index (χ1v) is 7.69. The highest BCUT2D eigenvalue weighted by molar-refractivity contribution is 7.10. The van der Waals surface area contributed by atoms with Gasteiger partial charge in [0.25, 0.3) is 0 Å². The van der Waals surface area contributed by atoms with Crippen LogP contribution in [0, 0.1) is 0 Å². The minimum Gasteiger partial charge on any atom is -0.480 e. The molecule has 0 saturated heterocycles. The van der Waals surface area contributed by atoms with Crippen LogP contribution in [0.1, 0.15) is 22.0 Å². The van der Waals surface area contributed by atoms with Gasteiger partial charge in [0.15, 0.2) is 0 Å². The van der Waals surface area contributed by atoms with Crippen molar-refractivity contribution in [3.63, 3.8) is 0 Å². The molecule has 104 valence electrons. The van der Waals surface area contributed by atoms with E-state index in [0.717, 1.165) is 13.0 Å². The Labute approximate surface area is 126 Å². The summed E-state index contributed by atoms with van der Waals surface area (Å²) in [6.45, 7) is 1.42. The van der Waals surface area contributed by atoms with Crippen molar-refractivity contribution in [1.82, 2.24) is 4.90 Å². The van der Waals surface area contributed by atoms with Crippen molar-refractivity contribution in [3.05, 3.63) is 56.7 Å². The van der Waals surface area contributed by atoms with E-state index in [0.29, 0.717) is 17.1 Å². The lowest BCUT2D eigenvalue weighted by Gasteiger charge is -2.32. The molecule has 0 fully saturated rings. The minimum atomic E-state index is -0.849. The molecule has 3 rings (SSSR count). The Morgan fingerprint density at radius 3 is 2.90 bits per heavy atom. The van der Waals surface area contributed by atoms with Crippen LogP contribution in [-0.2, 0) is 17.8 Å². The third-order valence-electron chi connectivity index (χ3n) is 3.65. The minimum absolute atomic E-state index is 0.511. The molecule has 1 aliphatic heterocycles. The fourth-order valence-electron chi connectivity index (χ4n) is 2.66. The first-order chi connectivity index (χ1) is 9.66. The van der Waals surface area contributed by atoms with Gasteiger partial charge in [-0.25, -0.2) is 0 Å². The van der Waals surface area contributed by atoms with Gasteiger partial charge in [0.05, 0.1) is 0 Å². The van der Waals surface area contributed by atoms with Gasteiger partial charge in [0.1, 0.15) is 6.04 Å². The number of hydrogen-bond acceptors (Lipinski definition) is 3. The normalized spacial score (nSPS) is 16.6. The predicted molar refractivity (Wildman–Crippen MR) is 80.3 cm³/mol. The Morgan fingerprint density at radius 2 is 2.15 bits per heavy atom. The van der Waals surface area contributed by atoms with Crippen molar-refractivity contribution < 1.29 is 9.90 Å². The molecule has 2 heterocycles. The SMILES string of the molecule is O=C(O)[C@H](c1ccccc1Cl)N1CCc2ccsc2C1. The van der Waals surface area contributed by atoms with E-state index in [1.807, 2.05) is 17.0 Å². The van der Waals surface area contributed by atoms with E-state index >= 15 is 0 Å². The number of carboxylic acid groups (broad SMARTS) is 1. The van der Waals surface area contributed by atoms with Gasteiger partial charge in [-0.3, -0.25) is 9.69 Å². The summed E-state index contributed by atoms with van der Waals surface area (Å²) in [5.41, 5.74) is 2.01. The highest BCUT2D eigenvalue weighted by atomic mass is 35.5. The lowest BCUT2D eigenvalue weighted by Crippen LogP contribution is -2.37. The quantitative estimate of drug-likeness (QED) is 0.942. The Balaban J connectivity index is 1.93. The second-order valence-electron chi connectivity index (χ2n) is 4.85. The van der Waals surface area contributed by atoms with E-state index in [-0.39, 0.29) is 0 Å². The lowest BCUT2D eigenvalue weighted by molar-refractivity contribution is -0.144. The van der Waals surface area contributed by atoms with Gasteiger partial charge in [-0.1, -0.05) is 29.8 Å². The Morgan fingerprint density at radius 1 is 1.35 bits per heavy atom. The summed E-state index contributed by atoms with van der Waals surface area (Å²) in [6, 6.07) is 8.63. The van der Waals surface area contributed by atoms with Crippen molar-refractivity contribution in [1.29, 1.82) is 0 Å². The maximum atomic E-state index is 11.7. The number of carboxylic acids is 1. The third-order valence-corrected chi connectivity index (χ3v) is 4.94. The average Bonchev–Trinajstić information content (AvgIpc) is 2.88. The predicted octanol–water partition coefficient (Wildman–Crippen LogP) is 3.59. The van der Waals surface area contributed by atoms with Crippen LogP contribution in [-0.4, -0.2) is 22.5 Å². The second kappa shape index (κ2) is 5.56. The summed E-state index contributed by atoms with van der Waals surface area (Å²) in [7, 11) is 0. The van der Waals surface area contributed by atoms with Crippen LogP contribution in [0.15, 0.2) is 35.7 Å². The molecule has 20 heavy (non-hydrogen) atoms. The second-order valence-corrected chi connectivity index (χ2v) is 6.26. The van der Waals surface area contributed by atoms with E-state index in [2.05, 4.69) is 11.4 Å². The van der Waals surface area contributed by atoms with Crippen LogP contribution in [0.25, 0.3) is 0 Å². The Hall–Kier alpha value is -1.36. The summed E-state index contributed by atoms with van der Waals surface area (Å²) < 4.78 is 0. The zero-order valence-corrected chi connectivity index (χ0v) is 12.3. The fourth-order valence-corrected chi connectivity index (χ4v) is 3.86. The standard InChI is InChI=1S/C15H14ClNO2S/c16-12-4-2-1-3-11(12)14(15(18)19)17-7-5-10-6-8-20-13(10)9-17/h1-4,6,8,14H,5,7,9H2,(H,18,19)/t14-/m0/s1. The maximum absolute atomic E-state index is 11.7. The molecular weight excluding hydrogens is 294 g/mol. The van der Waals surface area contributed by atoms with Crippen molar-refractivity contribution in [3.8, 4) is 0 Å². The van der Waals surface area contributed by atoms with Gasteiger partial charge in [-0.05, 0) is 35.1 Å². The number of halogens is 1. The number of fused-ring (bicyclic) bond motifs is 1. The van der Waals surface area contributed by atoms with Crippen LogP contribution in [0.4, 0.5) is 0 Å². The molecule has 1 aromatic heterocycles. The summed E-state index contributed by atoms with van der Waals surface area (Å²) >= 11 is 7.86. The Bertz CT molecular complexity index is 640.